The fourth-order valence-corrected chi connectivity index (χ4v) is 5.38. The Morgan fingerprint density at radius 1 is 0.685 bits per heavy atom. The van der Waals surface area contributed by atoms with Crippen LogP contribution in [0.4, 0.5) is 0 Å². The summed E-state index contributed by atoms with van der Waals surface area (Å²) in [5, 5.41) is 22.5. The number of phenols is 1. The predicted octanol–water partition coefficient (Wildman–Crippen LogP) is 1.79. The van der Waals surface area contributed by atoms with Gasteiger partial charge in [-0.1, -0.05) is 60.2 Å². The topological polar surface area (TPSA) is 201 Å². The van der Waals surface area contributed by atoms with Gasteiger partial charge in [-0.25, -0.2) is 4.79 Å². The molecule has 1 aliphatic rings. The third-order valence-electron chi connectivity index (χ3n) is 8.48. The smallest absolute Gasteiger partial charge is 0.329 e. The van der Waals surface area contributed by atoms with Crippen LogP contribution in [0.3, 0.4) is 0 Å². The lowest BCUT2D eigenvalue weighted by atomic mass is 10.0. The van der Waals surface area contributed by atoms with E-state index in [1.165, 1.54) is 26.0 Å². The molecule has 0 aromatic heterocycles. The van der Waals surface area contributed by atoms with Crippen LogP contribution in [0.15, 0.2) is 90.5 Å². The molecular formula is C40H47N5O9. The Morgan fingerprint density at radius 3 is 1.91 bits per heavy atom. The molecule has 0 bridgehead atoms. The van der Waals surface area contributed by atoms with Gasteiger partial charge in [0.2, 0.25) is 23.6 Å². The monoisotopic (exact) mass is 741 g/mol. The van der Waals surface area contributed by atoms with Crippen molar-refractivity contribution >= 4 is 35.5 Å². The Balaban J connectivity index is 1.63. The summed E-state index contributed by atoms with van der Waals surface area (Å²) in [4.78, 5) is 80.6. The molecule has 1 aliphatic heterocycles. The van der Waals surface area contributed by atoms with E-state index in [9.17, 15) is 33.9 Å². The second kappa shape index (κ2) is 19.6. The lowest BCUT2D eigenvalue weighted by Gasteiger charge is -2.26. The van der Waals surface area contributed by atoms with Crippen molar-refractivity contribution in [3.63, 3.8) is 0 Å². The van der Waals surface area contributed by atoms with Gasteiger partial charge >= 0.3 is 5.97 Å². The van der Waals surface area contributed by atoms with Crippen molar-refractivity contribution in [2.75, 3.05) is 13.2 Å². The summed E-state index contributed by atoms with van der Waals surface area (Å²) in [5.41, 5.74) is 3.00. The average molecular weight is 742 g/mol. The van der Waals surface area contributed by atoms with Gasteiger partial charge in [0.15, 0.2) is 6.10 Å². The summed E-state index contributed by atoms with van der Waals surface area (Å²) >= 11 is 0. The summed E-state index contributed by atoms with van der Waals surface area (Å²) in [5.74, 6) is -3.93. The average Bonchev–Trinajstić information content (AvgIpc) is 3.14. The van der Waals surface area contributed by atoms with Crippen LogP contribution >= 0.6 is 0 Å². The number of hydrogen-bond acceptors (Lipinski definition) is 9. The number of cyclic esters (lactones) is 1. The first-order valence-electron chi connectivity index (χ1n) is 17.6. The molecule has 6 N–H and O–H groups in total. The van der Waals surface area contributed by atoms with Crippen LogP contribution in [0.1, 0.15) is 44.4 Å². The first kappa shape index (κ1) is 40.6. The Hall–Kier alpha value is -6.18. The summed E-state index contributed by atoms with van der Waals surface area (Å²) in [6, 6.07) is 16.9. The second-order valence-electron chi connectivity index (χ2n) is 13.3. The zero-order valence-electron chi connectivity index (χ0n) is 30.7. The van der Waals surface area contributed by atoms with Crippen LogP contribution in [-0.4, -0.2) is 84.0 Å². The number of nitrogens with one attached hydrogen (secondary N) is 5. The van der Waals surface area contributed by atoms with Crippen molar-refractivity contribution in [1.82, 2.24) is 26.6 Å². The van der Waals surface area contributed by atoms with Crippen LogP contribution in [-0.2, 0) is 52.8 Å². The zero-order chi connectivity index (χ0) is 39.2. The SMILES string of the molecule is CC(C)=CCOc1ccc(C[C@H]2NC(=O)[C@H](C)NC(=O)[C@@H](Cc3ccc(O)cc3)NC(=O)CNC(=O)[C@H](C)NC(=O)[C@H](Cc3ccccc3)OC2=O)cc1. The molecule has 0 saturated carbocycles. The number of benzene rings is 3. The molecular weight excluding hydrogens is 694 g/mol. The van der Waals surface area contributed by atoms with Crippen LogP contribution in [0, 0.1) is 0 Å². The van der Waals surface area contributed by atoms with Crippen LogP contribution in [0.2, 0.25) is 0 Å². The summed E-state index contributed by atoms with van der Waals surface area (Å²) in [7, 11) is 0. The lowest BCUT2D eigenvalue weighted by Crippen LogP contribution is -2.57. The molecule has 5 atom stereocenters. The molecule has 286 valence electrons. The van der Waals surface area contributed by atoms with Gasteiger partial charge in [0, 0.05) is 19.3 Å². The number of rotatable bonds is 9. The number of aromatic hydroxyl groups is 1. The third-order valence-corrected chi connectivity index (χ3v) is 8.48. The van der Waals surface area contributed by atoms with Crippen molar-refractivity contribution in [2.24, 2.45) is 0 Å². The van der Waals surface area contributed by atoms with Gasteiger partial charge < -0.3 is 41.2 Å². The molecule has 3 aromatic carbocycles. The number of esters is 1. The lowest BCUT2D eigenvalue weighted by molar-refractivity contribution is -0.159. The van der Waals surface area contributed by atoms with Gasteiger partial charge in [0.05, 0.1) is 6.54 Å². The molecule has 5 amide bonds. The van der Waals surface area contributed by atoms with E-state index in [1.54, 1.807) is 66.7 Å². The van der Waals surface area contributed by atoms with Crippen LogP contribution in [0.25, 0.3) is 0 Å². The number of carbonyl (C=O) groups is 6. The maximum atomic E-state index is 13.9. The van der Waals surface area contributed by atoms with E-state index in [0.717, 1.165) is 5.57 Å². The molecule has 54 heavy (non-hydrogen) atoms. The first-order chi connectivity index (χ1) is 25.8. The molecule has 1 heterocycles. The second-order valence-corrected chi connectivity index (χ2v) is 13.3. The van der Waals surface area contributed by atoms with Crippen molar-refractivity contribution in [3.05, 3.63) is 107 Å². The number of phenolic OH excluding ortho intramolecular Hbond substituents is 1. The molecule has 4 rings (SSSR count). The highest BCUT2D eigenvalue weighted by Crippen LogP contribution is 2.16. The molecule has 1 saturated heterocycles. The van der Waals surface area contributed by atoms with Gasteiger partial charge in [0.25, 0.3) is 5.91 Å². The molecule has 14 heteroatoms. The minimum absolute atomic E-state index is 0.00868. The fourth-order valence-electron chi connectivity index (χ4n) is 5.38. The molecule has 0 spiro atoms. The summed E-state index contributed by atoms with van der Waals surface area (Å²) < 4.78 is 11.5. The highest BCUT2D eigenvalue weighted by molar-refractivity contribution is 5.96. The van der Waals surface area contributed by atoms with E-state index >= 15 is 0 Å². The molecule has 1 fully saturated rings. The quantitative estimate of drug-likeness (QED) is 0.140. The van der Waals surface area contributed by atoms with Gasteiger partial charge in [-0.05, 0) is 74.7 Å². The number of carbonyl (C=O) groups excluding carboxylic acids is 6. The van der Waals surface area contributed by atoms with E-state index in [2.05, 4.69) is 26.6 Å². The van der Waals surface area contributed by atoms with Gasteiger partial charge in [0.1, 0.15) is 42.3 Å². The van der Waals surface area contributed by atoms with E-state index in [-0.39, 0.29) is 25.0 Å². The minimum atomic E-state index is -1.40. The maximum Gasteiger partial charge on any atom is 0.329 e. The van der Waals surface area contributed by atoms with Gasteiger partial charge in [-0.3, -0.25) is 24.0 Å². The Bertz CT molecular complexity index is 1810. The van der Waals surface area contributed by atoms with Crippen LogP contribution in [0.5, 0.6) is 11.5 Å². The molecule has 0 unspecified atom stereocenters. The Kier molecular flexibility index (Phi) is 14.7. The van der Waals surface area contributed by atoms with Crippen molar-refractivity contribution in [3.8, 4) is 11.5 Å². The fraction of sp³-hybridized carbons (Fsp3) is 0.350. The van der Waals surface area contributed by atoms with E-state index in [0.29, 0.717) is 29.0 Å². The molecule has 14 nitrogen and oxygen atoms in total. The maximum absolute atomic E-state index is 13.9. The number of ether oxygens (including phenoxy) is 2. The minimum Gasteiger partial charge on any atom is -0.508 e. The van der Waals surface area contributed by atoms with Crippen molar-refractivity contribution < 1.29 is 43.3 Å². The highest BCUT2D eigenvalue weighted by atomic mass is 16.5. The van der Waals surface area contributed by atoms with Crippen molar-refractivity contribution in [1.29, 1.82) is 0 Å². The highest BCUT2D eigenvalue weighted by Gasteiger charge is 2.33. The normalized spacial score (nSPS) is 21.8. The summed E-state index contributed by atoms with van der Waals surface area (Å²) in [6.07, 6.45) is 0.429. The van der Waals surface area contributed by atoms with Gasteiger partial charge in [-0.15, -0.1) is 0 Å². The zero-order valence-corrected chi connectivity index (χ0v) is 30.7. The van der Waals surface area contributed by atoms with E-state index in [1.807, 2.05) is 19.9 Å². The number of allylic oxidation sites excluding steroid dienone is 1. The Labute approximate surface area is 314 Å². The van der Waals surface area contributed by atoms with Crippen molar-refractivity contribution in [2.45, 2.75) is 77.2 Å². The number of hydrogen-bond donors (Lipinski definition) is 6. The standard InChI is InChI=1S/C40H47N5O9/c1-24(2)18-19-53-31-16-12-29(13-17-31)21-33-40(52)54-34(22-27-8-6-5-7-9-27)39(51)43-25(3)36(48)41-23-35(47)44-32(20-28-10-14-30(46)15-11-28)38(50)42-26(4)37(49)45-33/h5-18,25-26,32-34,46H,19-23H2,1-4H3,(H,41,48)(H,42,50)(H,43,51)(H,44,47)(H,45,49)/t25-,26-,32+,33+,34-/m0/s1. The molecule has 0 aliphatic carbocycles. The predicted molar refractivity (Wildman–Crippen MR) is 199 cm³/mol. The molecule has 0 radical (unpaired) electrons. The Morgan fingerprint density at radius 2 is 1.26 bits per heavy atom. The number of amides is 5. The van der Waals surface area contributed by atoms with Gasteiger partial charge in [-0.2, -0.15) is 0 Å². The van der Waals surface area contributed by atoms with E-state index in [4.69, 9.17) is 9.47 Å². The van der Waals surface area contributed by atoms with E-state index < -0.39 is 72.3 Å². The molecule has 3 aromatic rings. The van der Waals surface area contributed by atoms with Crippen LogP contribution < -0.4 is 31.3 Å². The summed E-state index contributed by atoms with van der Waals surface area (Å²) in [6.45, 7) is 6.59. The first-order valence-corrected chi connectivity index (χ1v) is 17.6. The third kappa shape index (κ3) is 12.8. The largest absolute Gasteiger partial charge is 0.508 e.